The minimum Gasteiger partial charge on any atom is -0.393 e. The summed E-state index contributed by atoms with van der Waals surface area (Å²) < 4.78 is 27.6. The van der Waals surface area contributed by atoms with Crippen LogP contribution in [0.1, 0.15) is 23.2 Å². The van der Waals surface area contributed by atoms with Crippen LogP contribution in [0.2, 0.25) is 0 Å². The third kappa shape index (κ3) is 2.99. The predicted octanol–water partition coefficient (Wildman–Crippen LogP) is 1.72. The van der Waals surface area contributed by atoms with E-state index in [4.69, 9.17) is 0 Å². The van der Waals surface area contributed by atoms with Crippen LogP contribution in [0, 0.1) is 27.7 Å². The van der Waals surface area contributed by atoms with Gasteiger partial charge in [0.15, 0.2) is 0 Å². The summed E-state index contributed by atoms with van der Waals surface area (Å²) in [4.78, 5) is 22.8. The van der Waals surface area contributed by atoms with Gasteiger partial charge in [0.1, 0.15) is 11.4 Å². The Morgan fingerprint density at radius 3 is 2.62 bits per heavy atom. The molecule has 8 heteroatoms. The number of hydrogen-bond donors (Lipinski definition) is 1. The van der Waals surface area contributed by atoms with E-state index in [9.17, 15) is 28.8 Å². The van der Waals surface area contributed by atoms with Gasteiger partial charge in [-0.15, -0.1) is 0 Å². The number of benzene rings is 1. The molecule has 1 aromatic carbocycles. The number of nitro groups is 1. The lowest BCUT2D eigenvalue weighted by Crippen LogP contribution is -2.40. The van der Waals surface area contributed by atoms with Gasteiger partial charge in [-0.1, -0.05) is 0 Å². The van der Waals surface area contributed by atoms with Crippen LogP contribution in [0.25, 0.3) is 0 Å². The predicted molar refractivity (Wildman–Crippen MR) is 68.7 cm³/mol. The smallest absolute Gasteiger partial charge is 0.305 e. The number of carbonyl (C=O) groups excluding carboxylic acids is 1. The minimum absolute atomic E-state index is 0.0683. The molecule has 6 nitrogen and oxygen atoms in total. The van der Waals surface area contributed by atoms with Gasteiger partial charge in [0.2, 0.25) is 5.82 Å². The maximum absolute atomic E-state index is 13.9. The molecule has 1 amide bonds. The number of aliphatic hydroxyl groups is 1. The van der Waals surface area contributed by atoms with Gasteiger partial charge in [-0.3, -0.25) is 14.9 Å². The fourth-order valence-electron chi connectivity index (χ4n) is 2.39. The average molecular weight is 300 g/mol. The van der Waals surface area contributed by atoms with E-state index in [2.05, 4.69) is 0 Å². The molecule has 1 N–H and O–H groups in total. The van der Waals surface area contributed by atoms with Crippen molar-refractivity contribution in [2.75, 3.05) is 13.6 Å². The van der Waals surface area contributed by atoms with Gasteiger partial charge >= 0.3 is 5.69 Å². The average Bonchev–Trinajstić information content (AvgIpc) is 2.36. The summed E-state index contributed by atoms with van der Waals surface area (Å²) in [6.07, 6.45) is 0.652. The van der Waals surface area contributed by atoms with Gasteiger partial charge < -0.3 is 10.0 Å². The number of amides is 1. The maximum atomic E-state index is 13.9. The van der Waals surface area contributed by atoms with Crippen LogP contribution < -0.4 is 0 Å². The Labute approximate surface area is 119 Å². The molecule has 0 radical (unpaired) electrons. The highest BCUT2D eigenvalue weighted by molar-refractivity contribution is 5.95. The molecule has 1 aliphatic rings. The Hall–Kier alpha value is -2.09. The van der Waals surface area contributed by atoms with Crippen molar-refractivity contribution in [2.24, 2.45) is 5.92 Å². The summed E-state index contributed by atoms with van der Waals surface area (Å²) in [5, 5.41) is 19.8. The standard InChI is InChI=1S/C13H14F2N2O4/c1-16(6-7-4-8(18)5-7)13(19)11-9(14)2-3-10(12(11)15)17(20)21/h2-3,7-8,18H,4-6H2,1H3. The topological polar surface area (TPSA) is 83.7 Å². The third-order valence-electron chi connectivity index (χ3n) is 3.57. The highest BCUT2D eigenvalue weighted by Gasteiger charge is 2.32. The first-order valence-corrected chi connectivity index (χ1v) is 6.37. The minimum atomic E-state index is -1.47. The van der Waals surface area contributed by atoms with Crippen molar-refractivity contribution < 1.29 is 23.6 Å². The molecule has 0 aromatic heterocycles. The zero-order valence-electron chi connectivity index (χ0n) is 11.3. The molecule has 0 saturated heterocycles. The van der Waals surface area contributed by atoms with E-state index in [0.29, 0.717) is 25.0 Å². The Kier molecular flexibility index (Phi) is 4.17. The quantitative estimate of drug-likeness (QED) is 0.678. The number of rotatable bonds is 4. The molecule has 1 fully saturated rings. The molecule has 0 heterocycles. The number of halogens is 2. The molecule has 1 aliphatic carbocycles. The second kappa shape index (κ2) is 5.72. The summed E-state index contributed by atoms with van der Waals surface area (Å²) in [6, 6.07) is 1.39. The summed E-state index contributed by atoms with van der Waals surface area (Å²) in [7, 11) is 1.37. The molecule has 0 spiro atoms. The highest BCUT2D eigenvalue weighted by Crippen LogP contribution is 2.29. The summed E-state index contributed by atoms with van der Waals surface area (Å²) in [6.45, 7) is 0.234. The van der Waals surface area contributed by atoms with Gasteiger partial charge in [-0.05, 0) is 24.8 Å². The van der Waals surface area contributed by atoms with E-state index in [-0.39, 0.29) is 12.5 Å². The number of nitrogens with zero attached hydrogens (tertiary/aromatic N) is 2. The summed E-state index contributed by atoms with van der Waals surface area (Å²) in [5.74, 6) is -3.48. The normalized spacial score (nSPS) is 20.8. The molecular formula is C13H14F2N2O4. The van der Waals surface area contributed by atoms with Crippen LogP contribution in [0.3, 0.4) is 0 Å². The molecule has 21 heavy (non-hydrogen) atoms. The Bertz CT molecular complexity index is 588. The zero-order valence-corrected chi connectivity index (χ0v) is 11.3. The lowest BCUT2D eigenvalue weighted by Gasteiger charge is -2.34. The van der Waals surface area contributed by atoms with Crippen molar-refractivity contribution in [1.82, 2.24) is 4.90 Å². The lowest BCUT2D eigenvalue weighted by molar-refractivity contribution is -0.387. The molecule has 1 aromatic rings. The lowest BCUT2D eigenvalue weighted by atomic mass is 9.82. The second-order valence-corrected chi connectivity index (χ2v) is 5.19. The van der Waals surface area contributed by atoms with E-state index < -0.39 is 39.8 Å². The monoisotopic (exact) mass is 300 g/mol. The fraction of sp³-hybridized carbons (Fsp3) is 0.462. The van der Waals surface area contributed by atoms with E-state index in [1.165, 1.54) is 7.05 Å². The first-order chi connectivity index (χ1) is 9.81. The first-order valence-electron chi connectivity index (χ1n) is 6.37. The van der Waals surface area contributed by atoms with Gasteiger partial charge in [-0.2, -0.15) is 4.39 Å². The van der Waals surface area contributed by atoms with Gasteiger partial charge in [0.25, 0.3) is 5.91 Å². The molecular weight excluding hydrogens is 286 g/mol. The van der Waals surface area contributed by atoms with E-state index in [0.717, 1.165) is 4.90 Å². The van der Waals surface area contributed by atoms with Crippen LogP contribution in [0.4, 0.5) is 14.5 Å². The van der Waals surface area contributed by atoms with Gasteiger partial charge in [0, 0.05) is 19.7 Å². The van der Waals surface area contributed by atoms with Crippen LogP contribution in [-0.4, -0.2) is 40.5 Å². The number of carbonyl (C=O) groups is 1. The van der Waals surface area contributed by atoms with E-state index in [1.54, 1.807) is 0 Å². The summed E-state index contributed by atoms with van der Waals surface area (Å²) >= 11 is 0. The van der Waals surface area contributed by atoms with Crippen molar-refractivity contribution in [3.05, 3.63) is 39.4 Å². The molecule has 0 bridgehead atoms. The third-order valence-corrected chi connectivity index (χ3v) is 3.57. The number of aliphatic hydroxyl groups excluding tert-OH is 1. The number of nitro benzene ring substituents is 1. The molecule has 0 atom stereocenters. The molecule has 0 aliphatic heterocycles. The summed E-state index contributed by atoms with van der Waals surface area (Å²) in [5.41, 5.74) is -1.86. The maximum Gasteiger partial charge on any atom is 0.305 e. The van der Waals surface area contributed by atoms with Crippen molar-refractivity contribution in [2.45, 2.75) is 18.9 Å². The fourth-order valence-corrected chi connectivity index (χ4v) is 2.39. The Morgan fingerprint density at radius 1 is 1.48 bits per heavy atom. The molecule has 114 valence electrons. The molecule has 0 unspecified atom stereocenters. The second-order valence-electron chi connectivity index (χ2n) is 5.19. The van der Waals surface area contributed by atoms with Gasteiger partial charge in [-0.25, -0.2) is 4.39 Å². The highest BCUT2D eigenvalue weighted by atomic mass is 19.1. The van der Waals surface area contributed by atoms with Crippen LogP contribution in [0.15, 0.2) is 12.1 Å². The largest absolute Gasteiger partial charge is 0.393 e. The van der Waals surface area contributed by atoms with Crippen LogP contribution in [-0.2, 0) is 0 Å². The number of hydrogen-bond acceptors (Lipinski definition) is 4. The van der Waals surface area contributed by atoms with E-state index >= 15 is 0 Å². The SMILES string of the molecule is CN(CC1CC(O)C1)C(=O)c1c(F)ccc([N+](=O)[O-])c1F. The van der Waals surface area contributed by atoms with Crippen molar-refractivity contribution in [1.29, 1.82) is 0 Å². The zero-order chi connectivity index (χ0) is 15.7. The van der Waals surface area contributed by atoms with Crippen molar-refractivity contribution in [3.8, 4) is 0 Å². The molecule has 1 saturated carbocycles. The first kappa shape index (κ1) is 15.3. The van der Waals surface area contributed by atoms with E-state index in [1.807, 2.05) is 0 Å². The van der Waals surface area contributed by atoms with Crippen LogP contribution in [0.5, 0.6) is 0 Å². The Balaban J connectivity index is 2.21. The van der Waals surface area contributed by atoms with Crippen molar-refractivity contribution >= 4 is 11.6 Å². The Morgan fingerprint density at radius 2 is 2.10 bits per heavy atom. The van der Waals surface area contributed by atoms with Crippen LogP contribution >= 0.6 is 0 Å². The van der Waals surface area contributed by atoms with Crippen molar-refractivity contribution in [3.63, 3.8) is 0 Å². The van der Waals surface area contributed by atoms with Gasteiger partial charge in [0.05, 0.1) is 11.0 Å². The molecule has 2 rings (SSSR count).